The van der Waals surface area contributed by atoms with E-state index in [-0.39, 0.29) is 11.4 Å². The highest BCUT2D eigenvalue weighted by molar-refractivity contribution is 7.89. The molecule has 2 aromatic rings. The SMILES string of the molecule is CNc1ncccc1S(=O)(=O)NCCc1ccn(C)n1. The molecular formula is C12H17N5O2S. The van der Waals surface area contributed by atoms with Gasteiger partial charge in [0.05, 0.1) is 5.69 Å². The van der Waals surface area contributed by atoms with E-state index in [9.17, 15) is 8.42 Å². The lowest BCUT2D eigenvalue weighted by molar-refractivity contribution is 0.581. The molecular weight excluding hydrogens is 278 g/mol. The number of rotatable bonds is 6. The summed E-state index contributed by atoms with van der Waals surface area (Å²) in [6.45, 7) is 0.289. The van der Waals surface area contributed by atoms with Crippen molar-refractivity contribution in [2.24, 2.45) is 7.05 Å². The first kappa shape index (κ1) is 14.5. The van der Waals surface area contributed by atoms with Crippen LogP contribution in [0.4, 0.5) is 5.82 Å². The number of hydrogen-bond acceptors (Lipinski definition) is 5. The van der Waals surface area contributed by atoms with Crippen LogP contribution >= 0.6 is 0 Å². The molecule has 0 saturated heterocycles. The third-order valence-corrected chi connectivity index (χ3v) is 4.23. The normalized spacial score (nSPS) is 11.5. The van der Waals surface area contributed by atoms with Crippen LogP contribution in [0, 0.1) is 0 Å². The number of nitrogens with one attached hydrogen (secondary N) is 2. The Morgan fingerprint density at radius 3 is 2.80 bits per heavy atom. The van der Waals surface area contributed by atoms with E-state index >= 15 is 0 Å². The summed E-state index contributed by atoms with van der Waals surface area (Å²) < 4.78 is 28.6. The quantitative estimate of drug-likeness (QED) is 0.804. The summed E-state index contributed by atoms with van der Waals surface area (Å²) in [7, 11) is -0.120. The average molecular weight is 295 g/mol. The predicted octanol–water partition coefficient (Wildman–Crippen LogP) is 0.378. The molecule has 2 aromatic heterocycles. The fourth-order valence-corrected chi connectivity index (χ4v) is 2.98. The molecule has 0 aliphatic rings. The lowest BCUT2D eigenvalue weighted by atomic mass is 10.3. The van der Waals surface area contributed by atoms with Crippen LogP contribution in [0.2, 0.25) is 0 Å². The van der Waals surface area contributed by atoms with Gasteiger partial charge in [-0.05, 0) is 18.2 Å². The second-order valence-corrected chi connectivity index (χ2v) is 5.96. The van der Waals surface area contributed by atoms with Crippen molar-refractivity contribution >= 4 is 15.8 Å². The molecule has 0 aromatic carbocycles. The molecule has 0 saturated carbocycles. The highest BCUT2D eigenvalue weighted by atomic mass is 32.2. The largest absolute Gasteiger partial charge is 0.372 e. The summed E-state index contributed by atoms with van der Waals surface area (Å²) in [5.74, 6) is 0.331. The molecule has 8 heteroatoms. The first-order chi connectivity index (χ1) is 9.53. The Bertz CT molecular complexity index is 681. The maximum Gasteiger partial charge on any atom is 0.244 e. The monoisotopic (exact) mass is 295 g/mol. The van der Waals surface area contributed by atoms with Gasteiger partial charge >= 0.3 is 0 Å². The Hall–Kier alpha value is -1.93. The van der Waals surface area contributed by atoms with Crippen LogP contribution in [0.3, 0.4) is 0 Å². The van der Waals surface area contributed by atoms with Gasteiger partial charge in [-0.2, -0.15) is 5.10 Å². The molecule has 2 N–H and O–H groups in total. The van der Waals surface area contributed by atoms with Crippen LogP contribution in [0.5, 0.6) is 0 Å². The van der Waals surface area contributed by atoms with E-state index in [1.807, 2.05) is 19.3 Å². The van der Waals surface area contributed by atoms with Crippen molar-refractivity contribution in [3.8, 4) is 0 Å². The van der Waals surface area contributed by atoms with Gasteiger partial charge in [0, 0.05) is 39.5 Å². The summed E-state index contributed by atoms with van der Waals surface area (Å²) in [4.78, 5) is 4.13. The van der Waals surface area contributed by atoms with Crippen molar-refractivity contribution in [1.29, 1.82) is 0 Å². The highest BCUT2D eigenvalue weighted by Crippen LogP contribution is 2.16. The van der Waals surface area contributed by atoms with Gasteiger partial charge in [-0.25, -0.2) is 18.1 Å². The van der Waals surface area contributed by atoms with Gasteiger partial charge < -0.3 is 5.32 Å². The topological polar surface area (TPSA) is 88.9 Å². The summed E-state index contributed by atoms with van der Waals surface area (Å²) in [6, 6.07) is 4.97. The van der Waals surface area contributed by atoms with Gasteiger partial charge in [0.15, 0.2) is 0 Å². The second kappa shape index (κ2) is 6.02. The van der Waals surface area contributed by atoms with Gasteiger partial charge in [-0.1, -0.05) is 0 Å². The van der Waals surface area contributed by atoms with Crippen molar-refractivity contribution in [3.63, 3.8) is 0 Å². The third-order valence-electron chi connectivity index (χ3n) is 2.74. The molecule has 108 valence electrons. The zero-order valence-electron chi connectivity index (χ0n) is 11.4. The minimum Gasteiger partial charge on any atom is -0.372 e. The van der Waals surface area contributed by atoms with Crippen molar-refractivity contribution in [2.45, 2.75) is 11.3 Å². The van der Waals surface area contributed by atoms with Crippen molar-refractivity contribution in [3.05, 3.63) is 36.3 Å². The Morgan fingerprint density at radius 2 is 2.15 bits per heavy atom. The number of anilines is 1. The fourth-order valence-electron chi connectivity index (χ4n) is 1.78. The van der Waals surface area contributed by atoms with E-state index in [0.29, 0.717) is 12.2 Å². The summed E-state index contributed by atoms with van der Waals surface area (Å²) in [6.07, 6.45) is 3.90. The van der Waals surface area contributed by atoms with E-state index in [2.05, 4.69) is 20.1 Å². The molecule has 0 bridgehead atoms. The molecule has 0 spiro atoms. The van der Waals surface area contributed by atoms with E-state index in [1.54, 1.807) is 24.0 Å². The van der Waals surface area contributed by atoms with Gasteiger partial charge in [0.1, 0.15) is 10.7 Å². The standard InChI is InChI=1S/C12H17N5O2S/c1-13-12-11(4-3-7-14-12)20(18,19)15-8-5-10-6-9-17(2)16-10/h3-4,6-7,9,15H,5,8H2,1-2H3,(H,13,14). The number of sulfonamides is 1. The number of aromatic nitrogens is 3. The van der Waals surface area contributed by atoms with Gasteiger partial charge in [-0.3, -0.25) is 4.68 Å². The first-order valence-electron chi connectivity index (χ1n) is 6.14. The van der Waals surface area contributed by atoms with Crippen LogP contribution in [-0.2, 0) is 23.5 Å². The molecule has 0 atom stereocenters. The Morgan fingerprint density at radius 1 is 1.35 bits per heavy atom. The van der Waals surface area contributed by atoms with Crippen LogP contribution in [0.15, 0.2) is 35.5 Å². The lowest BCUT2D eigenvalue weighted by Crippen LogP contribution is -2.27. The van der Waals surface area contributed by atoms with E-state index < -0.39 is 10.0 Å². The molecule has 2 rings (SSSR count). The minimum absolute atomic E-state index is 0.142. The van der Waals surface area contributed by atoms with Crippen molar-refractivity contribution in [1.82, 2.24) is 19.5 Å². The smallest absolute Gasteiger partial charge is 0.244 e. The Balaban J connectivity index is 2.04. The van der Waals surface area contributed by atoms with Crippen molar-refractivity contribution in [2.75, 3.05) is 18.9 Å². The Labute approximate surface area is 118 Å². The van der Waals surface area contributed by atoms with Crippen LogP contribution in [0.25, 0.3) is 0 Å². The number of pyridine rings is 1. The zero-order valence-corrected chi connectivity index (χ0v) is 12.2. The average Bonchev–Trinajstić information content (AvgIpc) is 2.84. The summed E-state index contributed by atoms with van der Waals surface area (Å²) >= 11 is 0. The lowest BCUT2D eigenvalue weighted by Gasteiger charge is -2.09. The van der Waals surface area contributed by atoms with Gasteiger partial charge in [-0.15, -0.1) is 0 Å². The molecule has 0 fully saturated rings. The van der Waals surface area contributed by atoms with E-state index in [1.165, 1.54) is 6.07 Å². The number of nitrogens with zero attached hydrogens (tertiary/aromatic N) is 3. The zero-order chi connectivity index (χ0) is 14.6. The maximum atomic E-state index is 12.2. The van der Waals surface area contributed by atoms with Crippen LogP contribution < -0.4 is 10.0 Å². The number of aryl methyl sites for hydroxylation is 1. The van der Waals surface area contributed by atoms with Gasteiger partial charge in [0.2, 0.25) is 10.0 Å². The third kappa shape index (κ3) is 3.34. The summed E-state index contributed by atoms with van der Waals surface area (Å²) in [5, 5.41) is 6.96. The van der Waals surface area contributed by atoms with Gasteiger partial charge in [0.25, 0.3) is 0 Å². The predicted molar refractivity (Wildman–Crippen MR) is 75.9 cm³/mol. The van der Waals surface area contributed by atoms with Crippen LogP contribution in [0.1, 0.15) is 5.69 Å². The minimum atomic E-state index is -3.58. The highest BCUT2D eigenvalue weighted by Gasteiger charge is 2.18. The maximum absolute atomic E-state index is 12.2. The van der Waals surface area contributed by atoms with Crippen molar-refractivity contribution < 1.29 is 8.42 Å². The molecule has 20 heavy (non-hydrogen) atoms. The molecule has 0 aliphatic heterocycles. The first-order valence-corrected chi connectivity index (χ1v) is 7.62. The van der Waals surface area contributed by atoms with E-state index in [4.69, 9.17) is 0 Å². The number of hydrogen-bond donors (Lipinski definition) is 2. The summed E-state index contributed by atoms with van der Waals surface area (Å²) in [5.41, 5.74) is 0.843. The molecule has 0 radical (unpaired) electrons. The Kier molecular flexibility index (Phi) is 4.35. The van der Waals surface area contributed by atoms with E-state index in [0.717, 1.165) is 5.69 Å². The molecule has 2 heterocycles. The molecule has 0 unspecified atom stereocenters. The fraction of sp³-hybridized carbons (Fsp3) is 0.333. The molecule has 0 aliphatic carbocycles. The molecule has 0 amide bonds. The second-order valence-electron chi connectivity index (χ2n) is 4.23. The van der Waals surface area contributed by atoms with Crippen LogP contribution in [-0.4, -0.2) is 36.8 Å². The molecule has 7 nitrogen and oxygen atoms in total.